The fraction of sp³-hybridized carbons (Fsp3) is 0.778. The van der Waals surface area contributed by atoms with Crippen molar-refractivity contribution in [1.29, 1.82) is 0 Å². The summed E-state index contributed by atoms with van der Waals surface area (Å²) in [5.74, 6) is -0.295. The van der Waals surface area contributed by atoms with E-state index < -0.39 is 0 Å². The van der Waals surface area contributed by atoms with Crippen molar-refractivity contribution in [2.75, 3.05) is 6.54 Å². The highest BCUT2D eigenvalue weighted by atomic mass is 16.2. The highest BCUT2D eigenvalue weighted by Gasteiger charge is 2.37. The number of hydrogen-bond acceptors (Lipinski definition) is 2. The quantitative estimate of drug-likeness (QED) is 0.613. The molecule has 4 heteroatoms. The zero-order valence-corrected chi connectivity index (χ0v) is 7.67. The summed E-state index contributed by atoms with van der Waals surface area (Å²) in [6.07, 6.45) is 2.18. The van der Waals surface area contributed by atoms with Crippen molar-refractivity contribution >= 4 is 11.8 Å². The maximum atomic E-state index is 11.5. The first-order chi connectivity index (χ1) is 6.18. The Morgan fingerprint density at radius 2 is 2.23 bits per heavy atom. The van der Waals surface area contributed by atoms with Gasteiger partial charge in [0.05, 0.1) is 5.92 Å². The average molecular weight is 182 g/mol. The molecular formula is C9H14N2O2. The van der Waals surface area contributed by atoms with Gasteiger partial charge in [-0.2, -0.15) is 0 Å². The molecule has 2 amide bonds. The first-order valence-corrected chi connectivity index (χ1v) is 4.76. The summed E-state index contributed by atoms with van der Waals surface area (Å²) < 4.78 is 0. The Morgan fingerprint density at radius 1 is 1.54 bits per heavy atom. The molecule has 1 heterocycles. The van der Waals surface area contributed by atoms with Crippen LogP contribution in [0, 0.1) is 11.8 Å². The Kier molecular flexibility index (Phi) is 1.98. The van der Waals surface area contributed by atoms with Crippen molar-refractivity contribution in [2.24, 2.45) is 11.8 Å². The third kappa shape index (κ3) is 1.66. The highest BCUT2D eigenvalue weighted by Crippen LogP contribution is 2.22. The lowest BCUT2D eigenvalue weighted by Crippen LogP contribution is -2.35. The van der Waals surface area contributed by atoms with Gasteiger partial charge in [0.25, 0.3) is 0 Å². The third-order valence-corrected chi connectivity index (χ3v) is 2.77. The van der Waals surface area contributed by atoms with Crippen LogP contribution < -0.4 is 10.6 Å². The van der Waals surface area contributed by atoms with E-state index in [2.05, 4.69) is 10.6 Å². The number of carbonyl (C=O) groups is 2. The number of rotatable bonds is 2. The largest absolute Gasteiger partial charge is 0.355 e. The summed E-state index contributed by atoms with van der Waals surface area (Å²) in [7, 11) is 0. The molecule has 2 atom stereocenters. The van der Waals surface area contributed by atoms with Crippen molar-refractivity contribution in [3.63, 3.8) is 0 Å². The van der Waals surface area contributed by atoms with E-state index in [1.54, 1.807) is 6.92 Å². The van der Waals surface area contributed by atoms with Crippen LogP contribution in [-0.4, -0.2) is 24.4 Å². The molecule has 1 saturated heterocycles. The molecule has 0 bridgehead atoms. The van der Waals surface area contributed by atoms with Crippen molar-refractivity contribution in [2.45, 2.75) is 25.8 Å². The zero-order chi connectivity index (χ0) is 9.42. The molecule has 1 aliphatic carbocycles. The maximum Gasteiger partial charge on any atom is 0.225 e. The minimum atomic E-state index is -0.168. The van der Waals surface area contributed by atoms with Crippen LogP contribution in [0.2, 0.25) is 0 Å². The predicted molar refractivity (Wildman–Crippen MR) is 46.8 cm³/mol. The SMILES string of the molecule is CC1C(=O)NCC1C(=O)NC1CC1. The number of nitrogens with one attached hydrogen (secondary N) is 2. The van der Waals surface area contributed by atoms with E-state index >= 15 is 0 Å². The molecule has 13 heavy (non-hydrogen) atoms. The number of amides is 2. The summed E-state index contributed by atoms with van der Waals surface area (Å²) in [6, 6.07) is 0.385. The first-order valence-electron chi connectivity index (χ1n) is 4.76. The summed E-state index contributed by atoms with van der Waals surface area (Å²) in [4.78, 5) is 22.6. The van der Waals surface area contributed by atoms with Crippen molar-refractivity contribution in [3.05, 3.63) is 0 Å². The van der Waals surface area contributed by atoms with Crippen LogP contribution in [0.3, 0.4) is 0 Å². The van der Waals surface area contributed by atoms with Crippen LogP contribution in [0.4, 0.5) is 0 Å². The van der Waals surface area contributed by atoms with Gasteiger partial charge in [0, 0.05) is 18.5 Å². The Hall–Kier alpha value is -1.06. The lowest BCUT2D eigenvalue weighted by Gasteiger charge is -2.11. The predicted octanol–water partition coefficient (Wildman–Crippen LogP) is -0.353. The molecule has 1 saturated carbocycles. The van der Waals surface area contributed by atoms with Gasteiger partial charge < -0.3 is 10.6 Å². The molecule has 0 aromatic carbocycles. The van der Waals surface area contributed by atoms with E-state index in [0.29, 0.717) is 12.6 Å². The van der Waals surface area contributed by atoms with E-state index in [9.17, 15) is 9.59 Å². The van der Waals surface area contributed by atoms with Crippen molar-refractivity contribution < 1.29 is 9.59 Å². The van der Waals surface area contributed by atoms with Crippen LogP contribution in [0.1, 0.15) is 19.8 Å². The molecule has 2 rings (SSSR count). The molecule has 0 aromatic heterocycles. The van der Waals surface area contributed by atoms with Crippen molar-refractivity contribution in [1.82, 2.24) is 10.6 Å². The molecule has 4 nitrogen and oxygen atoms in total. The number of hydrogen-bond donors (Lipinski definition) is 2. The summed E-state index contributed by atoms with van der Waals surface area (Å²) in [5, 5.41) is 5.61. The standard InChI is InChI=1S/C9H14N2O2/c1-5-7(4-10-8(5)12)9(13)11-6-2-3-6/h5-7H,2-4H2,1H3,(H,10,12)(H,11,13). The monoisotopic (exact) mass is 182 g/mol. The Bertz CT molecular complexity index is 248. The van der Waals surface area contributed by atoms with Gasteiger partial charge in [-0.15, -0.1) is 0 Å². The molecule has 2 aliphatic rings. The maximum absolute atomic E-state index is 11.5. The van der Waals surface area contributed by atoms with E-state index in [1.165, 1.54) is 0 Å². The van der Waals surface area contributed by atoms with Crippen LogP contribution in [0.5, 0.6) is 0 Å². The van der Waals surface area contributed by atoms with E-state index in [-0.39, 0.29) is 23.7 Å². The second-order valence-electron chi connectivity index (χ2n) is 3.92. The van der Waals surface area contributed by atoms with Crippen LogP contribution in [0.25, 0.3) is 0 Å². The lowest BCUT2D eigenvalue weighted by molar-refractivity contribution is -0.129. The second kappa shape index (κ2) is 3.01. The molecule has 2 N–H and O–H groups in total. The minimum Gasteiger partial charge on any atom is -0.355 e. The van der Waals surface area contributed by atoms with Gasteiger partial charge in [-0.3, -0.25) is 9.59 Å². The summed E-state index contributed by atoms with van der Waals surface area (Å²) in [5.41, 5.74) is 0. The van der Waals surface area contributed by atoms with E-state index in [0.717, 1.165) is 12.8 Å². The normalized spacial score (nSPS) is 32.8. The van der Waals surface area contributed by atoms with Crippen LogP contribution in [-0.2, 0) is 9.59 Å². The molecule has 0 radical (unpaired) electrons. The zero-order valence-electron chi connectivity index (χ0n) is 7.67. The molecule has 0 aromatic rings. The van der Waals surface area contributed by atoms with Crippen LogP contribution >= 0.6 is 0 Å². The summed E-state index contributed by atoms with van der Waals surface area (Å²) in [6.45, 7) is 2.30. The molecule has 2 unspecified atom stereocenters. The lowest BCUT2D eigenvalue weighted by atomic mass is 9.97. The minimum absolute atomic E-state index is 0.00375. The fourth-order valence-corrected chi connectivity index (χ4v) is 1.59. The van der Waals surface area contributed by atoms with Gasteiger partial charge in [0.1, 0.15) is 0 Å². The number of carbonyl (C=O) groups excluding carboxylic acids is 2. The topological polar surface area (TPSA) is 58.2 Å². The van der Waals surface area contributed by atoms with Crippen LogP contribution in [0.15, 0.2) is 0 Å². The molecule has 72 valence electrons. The highest BCUT2D eigenvalue weighted by molar-refractivity contribution is 5.91. The van der Waals surface area contributed by atoms with E-state index in [1.807, 2.05) is 0 Å². The molecule has 2 fully saturated rings. The van der Waals surface area contributed by atoms with E-state index in [4.69, 9.17) is 0 Å². The molecule has 0 spiro atoms. The second-order valence-corrected chi connectivity index (χ2v) is 3.92. The summed E-state index contributed by atoms with van der Waals surface area (Å²) >= 11 is 0. The van der Waals surface area contributed by atoms with Gasteiger partial charge in [-0.05, 0) is 12.8 Å². The van der Waals surface area contributed by atoms with Gasteiger partial charge in [0.15, 0.2) is 0 Å². The Balaban J connectivity index is 1.91. The average Bonchev–Trinajstić information content (AvgIpc) is 2.82. The van der Waals surface area contributed by atoms with Gasteiger partial charge >= 0.3 is 0 Å². The van der Waals surface area contributed by atoms with Crippen molar-refractivity contribution in [3.8, 4) is 0 Å². The third-order valence-electron chi connectivity index (χ3n) is 2.77. The first kappa shape index (κ1) is 8.53. The molecular weight excluding hydrogens is 168 g/mol. The van der Waals surface area contributed by atoms with Gasteiger partial charge in [0.2, 0.25) is 11.8 Å². The smallest absolute Gasteiger partial charge is 0.225 e. The Morgan fingerprint density at radius 3 is 2.69 bits per heavy atom. The van der Waals surface area contributed by atoms with Gasteiger partial charge in [-0.1, -0.05) is 6.92 Å². The fourth-order valence-electron chi connectivity index (χ4n) is 1.59. The molecule has 1 aliphatic heterocycles. The Labute approximate surface area is 77.1 Å². The van der Waals surface area contributed by atoms with Gasteiger partial charge in [-0.25, -0.2) is 0 Å².